The van der Waals surface area contributed by atoms with Gasteiger partial charge in [-0.05, 0) is 65.9 Å². The first-order valence-corrected chi connectivity index (χ1v) is 10.4. The summed E-state index contributed by atoms with van der Waals surface area (Å²) in [5, 5.41) is 6.05. The number of nitrogens with one attached hydrogen (secondary N) is 2. The molecule has 1 saturated carbocycles. The van der Waals surface area contributed by atoms with E-state index in [-0.39, 0.29) is 17.9 Å². The standard InChI is InChI=1S/C25H25N3O2/c29-24(22-8-4-6-20(16-22)19-11-13-26-14-12-19)27-17-18-5-3-7-21(15-18)25(30)28-23-9-1-2-10-23/h3-8,11-16,23H,1-2,9-10,17H2,(H,27,29)(H,28,30). The second kappa shape index (κ2) is 9.35. The Hall–Kier alpha value is -3.47. The number of pyridine rings is 1. The number of carbonyl (C=O) groups excluding carboxylic acids is 2. The Labute approximate surface area is 176 Å². The largest absolute Gasteiger partial charge is 0.349 e. The summed E-state index contributed by atoms with van der Waals surface area (Å²) in [6, 6.07) is 19.1. The van der Waals surface area contributed by atoms with Crippen molar-refractivity contribution in [2.75, 3.05) is 0 Å². The minimum atomic E-state index is -0.147. The summed E-state index contributed by atoms with van der Waals surface area (Å²) in [4.78, 5) is 29.2. The van der Waals surface area contributed by atoms with Crippen LogP contribution >= 0.6 is 0 Å². The molecular formula is C25H25N3O2. The first kappa shape index (κ1) is 19.8. The average molecular weight is 399 g/mol. The Morgan fingerprint density at radius 3 is 2.30 bits per heavy atom. The van der Waals surface area contributed by atoms with E-state index in [1.54, 1.807) is 18.5 Å². The van der Waals surface area contributed by atoms with Crippen LogP contribution in [0.4, 0.5) is 0 Å². The monoisotopic (exact) mass is 399 g/mol. The number of aromatic nitrogens is 1. The number of hydrogen-bond acceptors (Lipinski definition) is 3. The molecule has 1 aromatic heterocycles. The van der Waals surface area contributed by atoms with E-state index in [9.17, 15) is 9.59 Å². The lowest BCUT2D eigenvalue weighted by atomic mass is 10.0. The summed E-state index contributed by atoms with van der Waals surface area (Å²) >= 11 is 0. The number of amides is 2. The molecule has 4 rings (SSSR count). The molecule has 0 saturated heterocycles. The molecule has 2 amide bonds. The molecule has 0 spiro atoms. The summed E-state index contributed by atoms with van der Waals surface area (Å²) in [5.74, 6) is -0.188. The van der Waals surface area contributed by atoms with Crippen LogP contribution in [0.2, 0.25) is 0 Å². The summed E-state index contributed by atoms with van der Waals surface area (Å²) in [6.07, 6.45) is 7.94. The molecule has 30 heavy (non-hydrogen) atoms. The van der Waals surface area contributed by atoms with Crippen molar-refractivity contribution in [1.29, 1.82) is 0 Å². The lowest BCUT2D eigenvalue weighted by Gasteiger charge is -2.13. The fourth-order valence-electron chi connectivity index (χ4n) is 3.83. The minimum Gasteiger partial charge on any atom is -0.349 e. The van der Waals surface area contributed by atoms with Gasteiger partial charge in [0.2, 0.25) is 0 Å². The molecule has 5 heteroatoms. The fourth-order valence-corrected chi connectivity index (χ4v) is 3.83. The highest BCUT2D eigenvalue weighted by molar-refractivity contribution is 5.96. The zero-order valence-electron chi connectivity index (χ0n) is 16.8. The van der Waals surface area contributed by atoms with Crippen LogP contribution in [0.3, 0.4) is 0 Å². The molecule has 1 aliphatic carbocycles. The van der Waals surface area contributed by atoms with Crippen molar-refractivity contribution in [2.45, 2.75) is 38.3 Å². The topological polar surface area (TPSA) is 71.1 Å². The van der Waals surface area contributed by atoms with E-state index in [4.69, 9.17) is 0 Å². The fraction of sp³-hybridized carbons (Fsp3) is 0.240. The van der Waals surface area contributed by atoms with Crippen LogP contribution in [0.5, 0.6) is 0 Å². The number of hydrogen-bond donors (Lipinski definition) is 2. The second-order valence-corrected chi connectivity index (χ2v) is 7.65. The highest BCUT2D eigenvalue weighted by atomic mass is 16.2. The van der Waals surface area contributed by atoms with Crippen LogP contribution in [0, 0.1) is 0 Å². The third kappa shape index (κ3) is 4.92. The molecule has 1 heterocycles. The Bertz CT molecular complexity index is 1030. The van der Waals surface area contributed by atoms with E-state index in [0.717, 1.165) is 29.5 Å². The van der Waals surface area contributed by atoms with E-state index in [1.165, 1.54) is 12.8 Å². The third-order valence-electron chi connectivity index (χ3n) is 5.47. The van der Waals surface area contributed by atoms with Crippen molar-refractivity contribution in [3.8, 4) is 11.1 Å². The maximum atomic E-state index is 12.6. The zero-order chi connectivity index (χ0) is 20.8. The number of rotatable bonds is 6. The molecule has 2 N–H and O–H groups in total. The third-order valence-corrected chi connectivity index (χ3v) is 5.47. The van der Waals surface area contributed by atoms with Gasteiger partial charge in [-0.1, -0.05) is 37.1 Å². The molecule has 2 aromatic carbocycles. The lowest BCUT2D eigenvalue weighted by Crippen LogP contribution is -2.32. The summed E-state index contributed by atoms with van der Waals surface area (Å²) in [7, 11) is 0. The van der Waals surface area contributed by atoms with Gasteiger partial charge in [0.25, 0.3) is 11.8 Å². The molecule has 5 nitrogen and oxygen atoms in total. The van der Waals surface area contributed by atoms with Gasteiger partial charge in [0.15, 0.2) is 0 Å². The van der Waals surface area contributed by atoms with Crippen LogP contribution in [-0.4, -0.2) is 22.8 Å². The van der Waals surface area contributed by atoms with Gasteiger partial charge in [-0.3, -0.25) is 14.6 Å². The number of carbonyl (C=O) groups is 2. The van der Waals surface area contributed by atoms with Gasteiger partial charge in [-0.2, -0.15) is 0 Å². The van der Waals surface area contributed by atoms with Crippen LogP contribution in [-0.2, 0) is 6.54 Å². The second-order valence-electron chi connectivity index (χ2n) is 7.65. The molecule has 0 atom stereocenters. The normalized spacial score (nSPS) is 13.7. The Morgan fingerprint density at radius 2 is 1.53 bits per heavy atom. The van der Waals surface area contributed by atoms with Gasteiger partial charge < -0.3 is 10.6 Å². The van der Waals surface area contributed by atoms with E-state index in [2.05, 4.69) is 15.6 Å². The maximum Gasteiger partial charge on any atom is 0.251 e. The van der Waals surface area contributed by atoms with Crippen LogP contribution in [0.25, 0.3) is 11.1 Å². The van der Waals surface area contributed by atoms with Gasteiger partial charge in [-0.25, -0.2) is 0 Å². The Kier molecular flexibility index (Phi) is 6.18. The SMILES string of the molecule is O=C(NCc1cccc(C(=O)NC2CCCC2)c1)c1cccc(-c2ccncc2)c1. The van der Waals surface area contributed by atoms with E-state index < -0.39 is 0 Å². The van der Waals surface area contributed by atoms with Gasteiger partial charge in [0.1, 0.15) is 0 Å². The predicted molar refractivity (Wildman–Crippen MR) is 117 cm³/mol. The lowest BCUT2D eigenvalue weighted by molar-refractivity contribution is 0.0935. The molecule has 0 unspecified atom stereocenters. The molecule has 1 aliphatic rings. The predicted octanol–water partition coefficient (Wildman–Crippen LogP) is 4.35. The van der Waals surface area contributed by atoms with Gasteiger partial charge >= 0.3 is 0 Å². The van der Waals surface area contributed by atoms with Crippen molar-refractivity contribution in [2.24, 2.45) is 0 Å². The molecule has 0 bridgehead atoms. The van der Waals surface area contributed by atoms with Crippen molar-refractivity contribution in [3.63, 3.8) is 0 Å². The average Bonchev–Trinajstić information content (AvgIpc) is 3.31. The number of benzene rings is 2. The molecule has 3 aromatic rings. The highest BCUT2D eigenvalue weighted by Crippen LogP contribution is 2.20. The van der Waals surface area contributed by atoms with Crippen molar-refractivity contribution in [1.82, 2.24) is 15.6 Å². The smallest absolute Gasteiger partial charge is 0.251 e. The van der Waals surface area contributed by atoms with Crippen molar-refractivity contribution in [3.05, 3.63) is 89.7 Å². The van der Waals surface area contributed by atoms with Crippen LogP contribution < -0.4 is 10.6 Å². The highest BCUT2D eigenvalue weighted by Gasteiger charge is 2.18. The van der Waals surface area contributed by atoms with Crippen LogP contribution in [0.1, 0.15) is 52.0 Å². The molecule has 0 radical (unpaired) electrons. The van der Waals surface area contributed by atoms with Gasteiger partial charge in [0.05, 0.1) is 0 Å². The zero-order valence-corrected chi connectivity index (χ0v) is 16.8. The first-order chi connectivity index (χ1) is 14.7. The van der Waals surface area contributed by atoms with E-state index >= 15 is 0 Å². The summed E-state index contributed by atoms with van der Waals surface area (Å²) in [5.41, 5.74) is 4.11. The molecule has 152 valence electrons. The molecule has 1 fully saturated rings. The van der Waals surface area contributed by atoms with Crippen LogP contribution in [0.15, 0.2) is 73.1 Å². The quantitative estimate of drug-likeness (QED) is 0.647. The molecule has 0 aliphatic heterocycles. The van der Waals surface area contributed by atoms with Gasteiger partial charge in [-0.15, -0.1) is 0 Å². The van der Waals surface area contributed by atoms with E-state index in [1.807, 2.05) is 54.6 Å². The van der Waals surface area contributed by atoms with Crippen molar-refractivity contribution >= 4 is 11.8 Å². The summed E-state index contributed by atoms with van der Waals surface area (Å²) < 4.78 is 0. The van der Waals surface area contributed by atoms with Gasteiger partial charge in [0, 0.05) is 36.1 Å². The van der Waals surface area contributed by atoms with E-state index in [0.29, 0.717) is 17.7 Å². The summed E-state index contributed by atoms with van der Waals surface area (Å²) in [6.45, 7) is 0.364. The Balaban J connectivity index is 1.39. The maximum absolute atomic E-state index is 12.6. The number of nitrogens with zero attached hydrogens (tertiary/aromatic N) is 1. The minimum absolute atomic E-state index is 0.0415. The first-order valence-electron chi connectivity index (χ1n) is 10.4. The van der Waals surface area contributed by atoms with Crippen molar-refractivity contribution < 1.29 is 9.59 Å². The molecular weight excluding hydrogens is 374 g/mol. The Morgan fingerprint density at radius 1 is 0.833 bits per heavy atom.